The minimum absolute atomic E-state index is 0.256. The van der Waals surface area contributed by atoms with Gasteiger partial charge in [0.2, 0.25) is 0 Å². The third kappa shape index (κ3) is 3.98. The van der Waals surface area contributed by atoms with Gasteiger partial charge in [-0.2, -0.15) is 5.10 Å². The highest BCUT2D eigenvalue weighted by Crippen LogP contribution is 2.19. The van der Waals surface area contributed by atoms with Gasteiger partial charge in [-0.15, -0.1) is 0 Å². The third-order valence-electron chi connectivity index (χ3n) is 3.10. The summed E-state index contributed by atoms with van der Waals surface area (Å²) >= 11 is 6.16. The summed E-state index contributed by atoms with van der Waals surface area (Å²) in [5.41, 5.74) is 1.89. The Kier molecular flexibility index (Phi) is 5.95. The van der Waals surface area contributed by atoms with E-state index < -0.39 is 0 Å². The SMILES string of the molecule is CCC(CCO)CNCc1c(Cl)c(C)nn1C. The Bertz CT molecular complexity index is 352. The Hall–Kier alpha value is -0.580. The van der Waals surface area contributed by atoms with Crippen molar-refractivity contribution in [1.82, 2.24) is 15.1 Å². The molecule has 98 valence electrons. The first-order chi connectivity index (χ1) is 8.10. The van der Waals surface area contributed by atoms with E-state index in [0.717, 1.165) is 42.3 Å². The van der Waals surface area contributed by atoms with Gasteiger partial charge in [0.1, 0.15) is 0 Å². The molecule has 0 bridgehead atoms. The van der Waals surface area contributed by atoms with Gasteiger partial charge in [-0.1, -0.05) is 24.9 Å². The molecule has 5 heteroatoms. The van der Waals surface area contributed by atoms with Gasteiger partial charge in [0.25, 0.3) is 0 Å². The minimum atomic E-state index is 0.256. The number of aryl methyl sites for hydroxylation is 2. The molecule has 0 aliphatic heterocycles. The van der Waals surface area contributed by atoms with E-state index in [1.54, 1.807) is 0 Å². The van der Waals surface area contributed by atoms with Crippen molar-refractivity contribution in [2.24, 2.45) is 13.0 Å². The van der Waals surface area contributed by atoms with Crippen LogP contribution in [0.4, 0.5) is 0 Å². The van der Waals surface area contributed by atoms with Gasteiger partial charge in [0, 0.05) is 20.2 Å². The van der Waals surface area contributed by atoms with Crippen LogP contribution in [0.2, 0.25) is 5.02 Å². The lowest BCUT2D eigenvalue weighted by molar-refractivity contribution is 0.251. The fraction of sp³-hybridized carbons (Fsp3) is 0.750. The Morgan fingerprint density at radius 1 is 1.53 bits per heavy atom. The molecule has 2 N–H and O–H groups in total. The normalized spacial score (nSPS) is 13.0. The molecule has 0 saturated carbocycles. The highest BCUT2D eigenvalue weighted by Gasteiger charge is 2.11. The molecule has 0 amide bonds. The maximum atomic E-state index is 8.91. The second kappa shape index (κ2) is 6.99. The first-order valence-corrected chi connectivity index (χ1v) is 6.47. The van der Waals surface area contributed by atoms with Gasteiger partial charge >= 0.3 is 0 Å². The van der Waals surface area contributed by atoms with Crippen LogP contribution in [0.25, 0.3) is 0 Å². The zero-order valence-corrected chi connectivity index (χ0v) is 11.6. The van der Waals surface area contributed by atoms with Crippen molar-refractivity contribution in [3.63, 3.8) is 0 Å². The Morgan fingerprint density at radius 2 is 2.24 bits per heavy atom. The second-order valence-corrected chi connectivity index (χ2v) is 4.77. The van der Waals surface area contributed by atoms with Gasteiger partial charge in [-0.25, -0.2) is 0 Å². The molecule has 1 rings (SSSR count). The molecule has 0 saturated heterocycles. The van der Waals surface area contributed by atoms with Crippen molar-refractivity contribution in [2.45, 2.75) is 33.2 Å². The van der Waals surface area contributed by atoms with Crippen LogP contribution < -0.4 is 5.32 Å². The maximum Gasteiger partial charge on any atom is 0.0860 e. The number of hydrogen-bond donors (Lipinski definition) is 2. The van der Waals surface area contributed by atoms with Crippen molar-refractivity contribution in [2.75, 3.05) is 13.2 Å². The van der Waals surface area contributed by atoms with Gasteiger partial charge in [-0.05, 0) is 25.8 Å². The van der Waals surface area contributed by atoms with Crippen molar-refractivity contribution < 1.29 is 5.11 Å². The highest BCUT2D eigenvalue weighted by molar-refractivity contribution is 6.31. The predicted octanol–water partition coefficient (Wildman–Crippen LogP) is 1.88. The molecule has 0 aliphatic carbocycles. The fourth-order valence-corrected chi connectivity index (χ4v) is 2.13. The number of aromatic nitrogens is 2. The molecule has 1 aromatic rings. The Labute approximate surface area is 108 Å². The van der Waals surface area contributed by atoms with Gasteiger partial charge in [-0.3, -0.25) is 4.68 Å². The number of halogens is 1. The molecule has 0 aliphatic rings. The standard InChI is InChI=1S/C12H22ClN3O/c1-4-10(5-6-17)7-14-8-11-12(13)9(2)15-16(11)3/h10,14,17H,4-8H2,1-3H3. The van der Waals surface area contributed by atoms with Crippen LogP contribution in [0.1, 0.15) is 31.2 Å². The number of aliphatic hydroxyl groups is 1. The summed E-state index contributed by atoms with van der Waals surface area (Å²) in [6.45, 7) is 5.93. The lowest BCUT2D eigenvalue weighted by Gasteiger charge is -2.14. The number of aliphatic hydroxyl groups excluding tert-OH is 1. The van der Waals surface area contributed by atoms with Crippen LogP contribution in [0.3, 0.4) is 0 Å². The zero-order chi connectivity index (χ0) is 12.8. The molecule has 17 heavy (non-hydrogen) atoms. The van der Waals surface area contributed by atoms with Crippen LogP contribution in [0.5, 0.6) is 0 Å². The van der Waals surface area contributed by atoms with Crippen LogP contribution in [-0.2, 0) is 13.6 Å². The topological polar surface area (TPSA) is 50.1 Å². The molecule has 4 nitrogen and oxygen atoms in total. The van der Waals surface area contributed by atoms with Gasteiger partial charge in [0.05, 0.1) is 16.4 Å². The summed E-state index contributed by atoms with van der Waals surface area (Å²) in [5, 5.41) is 17.3. The van der Waals surface area contributed by atoms with Crippen LogP contribution in [0.15, 0.2) is 0 Å². The van der Waals surface area contributed by atoms with E-state index in [4.69, 9.17) is 16.7 Å². The quantitative estimate of drug-likeness (QED) is 0.786. The molecule has 1 unspecified atom stereocenters. The molecular formula is C12H22ClN3O. The summed E-state index contributed by atoms with van der Waals surface area (Å²) in [5.74, 6) is 0.521. The average Bonchev–Trinajstić information content (AvgIpc) is 2.54. The first-order valence-electron chi connectivity index (χ1n) is 6.09. The lowest BCUT2D eigenvalue weighted by atomic mass is 10.0. The summed E-state index contributed by atoms with van der Waals surface area (Å²) in [7, 11) is 1.90. The summed E-state index contributed by atoms with van der Waals surface area (Å²) < 4.78 is 1.82. The van der Waals surface area contributed by atoms with Crippen LogP contribution in [0, 0.1) is 12.8 Å². The first kappa shape index (κ1) is 14.5. The largest absolute Gasteiger partial charge is 0.396 e. The smallest absolute Gasteiger partial charge is 0.0860 e. The maximum absolute atomic E-state index is 8.91. The van der Waals surface area contributed by atoms with Crippen molar-refractivity contribution in [3.05, 3.63) is 16.4 Å². The Balaban J connectivity index is 2.45. The Morgan fingerprint density at radius 3 is 2.71 bits per heavy atom. The fourth-order valence-electron chi connectivity index (χ4n) is 1.90. The number of rotatable bonds is 7. The molecule has 1 atom stereocenters. The summed E-state index contributed by atoms with van der Waals surface area (Å²) in [6, 6.07) is 0. The molecular weight excluding hydrogens is 238 g/mol. The lowest BCUT2D eigenvalue weighted by Crippen LogP contribution is -2.24. The average molecular weight is 260 g/mol. The highest BCUT2D eigenvalue weighted by atomic mass is 35.5. The molecule has 1 aromatic heterocycles. The number of nitrogens with zero attached hydrogens (tertiary/aromatic N) is 2. The number of nitrogens with one attached hydrogen (secondary N) is 1. The third-order valence-corrected chi connectivity index (χ3v) is 3.59. The van der Waals surface area contributed by atoms with Crippen molar-refractivity contribution >= 4 is 11.6 Å². The minimum Gasteiger partial charge on any atom is -0.396 e. The van der Waals surface area contributed by atoms with E-state index in [0.29, 0.717) is 5.92 Å². The van der Waals surface area contributed by atoms with Crippen LogP contribution >= 0.6 is 11.6 Å². The van der Waals surface area contributed by atoms with E-state index >= 15 is 0 Å². The van der Waals surface area contributed by atoms with Crippen molar-refractivity contribution in [3.8, 4) is 0 Å². The summed E-state index contributed by atoms with van der Waals surface area (Å²) in [4.78, 5) is 0. The number of hydrogen-bond acceptors (Lipinski definition) is 3. The van der Waals surface area contributed by atoms with E-state index in [-0.39, 0.29) is 6.61 Å². The molecule has 1 heterocycles. The zero-order valence-electron chi connectivity index (χ0n) is 10.8. The van der Waals surface area contributed by atoms with Crippen LogP contribution in [-0.4, -0.2) is 28.0 Å². The van der Waals surface area contributed by atoms with E-state index in [1.165, 1.54) is 0 Å². The molecule has 0 radical (unpaired) electrons. The van der Waals surface area contributed by atoms with E-state index in [9.17, 15) is 0 Å². The van der Waals surface area contributed by atoms with E-state index in [2.05, 4.69) is 17.3 Å². The molecule has 0 fully saturated rings. The predicted molar refractivity (Wildman–Crippen MR) is 70.1 cm³/mol. The monoisotopic (exact) mass is 259 g/mol. The molecule has 0 spiro atoms. The van der Waals surface area contributed by atoms with E-state index in [1.807, 2.05) is 18.7 Å². The molecule has 0 aromatic carbocycles. The van der Waals surface area contributed by atoms with Gasteiger partial charge in [0.15, 0.2) is 0 Å². The van der Waals surface area contributed by atoms with Gasteiger partial charge < -0.3 is 10.4 Å². The van der Waals surface area contributed by atoms with Crippen molar-refractivity contribution in [1.29, 1.82) is 0 Å². The summed E-state index contributed by atoms with van der Waals surface area (Å²) in [6.07, 6.45) is 1.92. The second-order valence-electron chi connectivity index (χ2n) is 4.39.